The smallest absolute Gasteiger partial charge is 0.251 e. The van der Waals surface area contributed by atoms with Crippen LogP contribution in [0.5, 0.6) is 0 Å². The van der Waals surface area contributed by atoms with E-state index in [-0.39, 0.29) is 27.7 Å². The van der Waals surface area contributed by atoms with Crippen molar-refractivity contribution in [1.29, 1.82) is 0 Å². The fourth-order valence-electron chi connectivity index (χ4n) is 5.84. The van der Waals surface area contributed by atoms with Crippen LogP contribution in [0.4, 0.5) is 0 Å². The van der Waals surface area contributed by atoms with Crippen molar-refractivity contribution in [3.8, 4) is 0 Å². The molecule has 1 heterocycles. The van der Waals surface area contributed by atoms with Crippen LogP contribution < -0.4 is 5.32 Å². The fourth-order valence-corrected chi connectivity index (χ4v) is 7.38. The molecule has 2 bridgehead atoms. The van der Waals surface area contributed by atoms with E-state index in [0.717, 1.165) is 18.4 Å². The van der Waals surface area contributed by atoms with Gasteiger partial charge in [-0.3, -0.25) is 4.79 Å². The lowest BCUT2D eigenvalue weighted by Crippen LogP contribution is -2.52. The van der Waals surface area contributed by atoms with Gasteiger partial charge in [0.2, 0.25) is 10.0 Å². The average molecular weight is 421 g/mol. The van der Waals surface area contributed by atoms with E-state index in [1.54, 1.807) is 12.1 Å². The molecule has 1 saturated heterocycles. The molecule has 0 spiro atoms. The summed E-state index contributed by atoms with van der Waals surface area (Å²) in [6.07, 6.45) is 3.51. The molecule has 1 aromatic rings. The monoisotopic (exact) mass is 420 g/mol. The molecule has 4 rings (SSSR count). The standard InChI is InChI=1S/C22H32N2O4S/c1-15-11-16(13-18(12-15)29(26,27)24-7-9-28-10-8-24)19(25)23-20-21(2,3)17-5-6-22(20,4)14-17/h11-13,17,20H,5-10,14H2,1-4H3,(H,23,25)/t17-,20?,22?/m1/s1. The summed E-state index contributed by atoms with van der Waals surface area (Å²) in [6.45, 7) is 10.1. The molecule has 3 atom stereocenters. The molecule has 6 nitrogen and oxygen atoms in total. The van der Waals surface area contributed by atoms with Crippen molar-refractivity contribution < 1.29 is 17.9 Å². The molecule has 1 aromatic carbocycles. The van der Waals surface area contributed by atoms with E-state index in [0.29, 0.717) is 37.8 Å². The lowest BCUT2D eigenvalue weighted by molar-refractivity contribution is 0.0728. The highest BCUT2D eigenvalue weighted by Gasteiger charge is 2.59. The number of hydrogen-bond acceptors (Lipinski definition) is 4. The van der Waals surface area contributed by atoms with Crippen molar-refractivity contribution >= 4 is 15.9 Å². The molecule has 29 heavy (non-hydrogen) atoms. The molecule has 2 saturated carbocycles. The predicted octanol–water partition coefficient (Wildman–Crippen LogP) is 2.96. The quantitative estimate of drug-likeness (QED) is 0.813. The van der Waals surface area contributed by atoms with Crippen molar-refractivity contribution in [3.05, 3.63) is 29.3 Å². The summed E-state index contributed by atoms with van der Waals surface area (Å²) in [5.74, 6) is 0.451. The zero-order valence-corrected chi connectivity index (χ0v) is 18.6. The van der Waals surface area contributed by atoms with Crippen LogP contribution in [0.3, 0.4) is 0 Å². The summed E-state index contributed by atoms with van der Waals surface area (Å²) in [6, 6.07) is 5.04. The van der Waals surface area contributed by atoms with Gasteiger partial charge in [0.1, 0.15) is 0 Å². The molecule has 3 aliphatic rings. The number of ether oxygens (including phenoxy) is 1. The highest BCUT2D eigenvalue weighted by atomic mass is 32.2. The normalized spacial score (nSPS) is 31.7. The van der Waals surface area contributed by atoms with Gasteiger partial charge in [0.05, 0.1) is 18.1 Å². The molecule has 0 aromatic heterocycles. The number of carbonyl (C=O) groups excluding carboxylic acids is 1. The number of morpholine rings is 1. The van der Waals surface area contributed by atoms with Gasteiger partial charge < -0.3 is 10.1 Å². The molecule has 160 valence electrons. The van der Waals surface area contributed by atoms with Crippen LogP contribution in [0.25, 0.3) is 0 Å². The minimum Gasteiger partial charge on any atom is -0.379 e. The van der Waals surface area contributed by atoms with Crippen LogP contribution in [0, 0.1) is 23.7 Å². The Labute approximate surface area is 174 Å². The van der Waals surface area contributed by atoms with Crippen LogP contribution >= 0.6 is 0 Å². The Balaban J connectivity index is 1.60. The molecular formula is C22H32N2O4S. The fraction of sp³-hybridized carbons (Fsp3) is 0.682. The van der Waals surface area contributed by atoms with Crippen molar-refractivity contribution in [1.82, 2.24) is 9.62 Å². The van der Waals surface area contributed by atoms with E-state index in [1.807, 2.05) is 6.92 Å². The van der Waals surface area contributed by atoms with Gasteiger partial charge in [0.25, 0.3) is 5.91 Å². The number of benzene rings is 1. The molecule has 2 unspecified atom stereocenters. The second-order valence-corrected chi connectivity index (χ2v) is 11.8. The zero-order chi connectivity index (χ0) is 21.0. The third-order valence-electron chi connectivity index (χ3n) is 7.47. The van der Waals surface area contributed by atoms with Gasteiger partial charge in [0, 0.05) is 24.7 Å². The van der Waals surface area contributed by atoms with Gasteiger partial charge in [-0.2, -0.15) is 4.31 Å². The highest BCUT2D eigenvalue weighted by Crippen LogP contribution is 2.62. The van der Waals surface area contributed by atoms with Crippen LogP contribution in [0.2, 0.25) is 0 Å². The summed E-state index contributed by atoms with van der Waals surface area (Å²) in [4.78, 5) is 13.4. The molecule has 3 fully saturated rings. The number of rotatable bonds is 4. The molecule has 1 amide bonds. The second-order valence-electron chi connectivity index (χ2n) is 9.87. The predicted molar refractivity (Wildman–Crippen MR) is 111 cm³/mol. The summed E-state index contributed by atoms with van der Waals surface area (Å²) in [7, 11) is -3.64. The number of carbonyl (C=O) groups is 1. The maximum absolute atomic E-state index is 13.2. The number of fused-ring (bicyclic) bond motifs is 2. The Hall–Kier alpha value is -1.44. The van der Waals surface area contributed by atoms with E-state index < -0.39 is 10.0 Å². The number of hydrogen-bond donors (Lipinski definition) is 1. The Bertz CT molecular complexity index is 916. The molecule has 7 heteroatoms. The van der Waals surface area contributed by atoms with Gasteiger partial charge in [-0.05, 0) is 66.7 Å². The van der Waals surface area contributed by atoms with Crippen molar-refractivity contribution in [2.45, 2.75) is 57.9 Å². The van der Waals surface area contributed by atoms with Gasteiger partial charge >= 0.3 is 0 Å². The van der Waals surface area contributed by atoms with Crippen LogP contribution in [-0.4, -0.2) is 51.0 Å². The maximum Gasteiger partial charge on any atom is 0.251 e. The molecule has 0 radical (unpaired) electrons. The molecule has 1 N–H and O–H groups in total. The van der Waals surface area contributed by atoms with Gasteiger partial charge in [0.15, 0.2) is 0 Å². The summed E-state index contributed by atoms with van der Waals surface area (Å²) >= 11 is 0. The van der Waals surface area contributed by atoms with Gasteiger partial charge in [-0.15, -0.1) is 0 Å². The topological polar surface area (TPSA) is 75.7 Å². The lowest BCUT2D eigenvalue weighted by atomic mass is 9.68. The van der Waals surface area contributed by atoms with Crippen LogP contribution in [0.1, 0.15) is 56.0 Å². The average Bonchev–Trinajstić information content (AvgIpc) is 3.16. The van der Waals surface area contributed by atoms with Gasteiger partial charge in [-0.25, -0.2) is 8.42 Å². The summed E-state index contributed by atoms with van der Waals surface area (Å²) in [5.41, 5.74) is 1.35. The first kappa shape index (κ1) is 20.8. The van der Waals surface area contributed by atoms with E-state index in [2.05, 4.69) is 26.1 Å². The summed E-state index contributed by atoms with van der Waals surface area (Å²) < 4.78 is 32.8. The van der Waals surface area contributed by atoms with E-state index >= 15 is 0 Å². The molecular weight excluding hydrogens is 388 g/mol. The second kappa shape index (κ2) is 7.06. The van der Waals surface area contributed by atoms with Crippen molar-refractivity contribution in [3.63, 3.8) is 0 Å². The zero-order valence-electron chi connectivity index (χ0n) is 17.8. The molecule has 1 aliphatic heterocycles. The first-order valence-corrected chi connectivity index (χ1v) is 12.0. The van der Waals surface area contributed by atoms with E-state index in [4.69, 9.17) is 4.74 Å². The number of nitrogens with one attached hydrogen (secondary N) is 1. The maximum atomic E-state index is 13.2. The van der Waals surface area contributed by atoms with Crippen molar-refractivity contribution in [2.75, 3.05) is 26.3 Å². The number of sulfonamides is 1. The largest absolute Gasteiger partial charge is 0.379 e. The Morgan fingerprint density at radius 1 is 1.17 bits per heavy atom. The number of amides is 1. The van der Waals surface area contributed by atoms with Crippen LogP contribution in [-0.2, 0) is 14.8 Å². The van der Waals surface area contributed by atoms with Gasteiger partial charge in [-0.1, -0.05) is 20.8 Å². The molecule has 2 aliphatic carbocycles. The van der Waals surface area contributed by atoms with Crippen LogP contribution in [0.15, 0.2) is 23.1 Å². The van der Waals surface area contributed by atoms with E-state index in [9.17, 15) is 13.2 Å². The SMILES string of the molecule is Cc1cc(C(=O)NC2C3(C)CC[C@H](C3)C2(C)C)cc(S(=O)(=O)N2CCOCC2)c1. The third-order valence-corrected chi connectivity index (χ3v) is 9.34. The lowest BCUT2D eigenvalue weighted by Gasteiger charge is -2.43. The first-order valence-electron chi connectivity index (χ1n) is 10.5. The third kappa shape index (κ3) is 3.51. The first-order chi connectivity index (χ1) is 13.5. The van der Waals surface area contributed by atoms with E-state index in [1.165, 1.54) is 16.8 Å². The number of nitrogens with zero attached hydrogens (tertiary/aromatic N) is 1. The Kier molecular flexibility index (Phi) is 5.07. The minimum atomic E-state index is -3.64. The Morgan fingerprint density at radius 2 is 1.86 bits per heavy atom. The Morgan fingerprint density at radius 3 is 2.48 bits per heavy atom. The summed E-state index contributed by atoms with van der Waals surface area (Å²) in [5, 5.41) is 3.28. The van der Waals surface area contributed by atoms with Crippen molar-refractivity contribution in [2.24, 2.45) is 16.7 Å². The highest BCUT2D eigenvalue weighted by molar-refractivity contribution is 7.89. The number of aryl methyl sites for hydroxylation is 1. The minimum absolute atomic E-state index is 0.0508.